The molecule has 1 aromatic heterocycles. The highest BCUT2D eigenvalue weighted by Crippen LogP contribution is 2.19. The van der Waals surface area contributed by atoms with Crippen molar-refractivity contribution in [1.29, 1.82) is 0 Å². The van der Waals surface area contributed by atoms with Crippen molar-refractivity contribution < 1.29 is 19.1 Å². The number of amides is 2. The molecule has 1 heterocycles. The summed E-state index contributed by atoms with van der Waals surface area (Å²) in [7, 11) is 1.58. The fourth-order valence-corrected chi connectivity index (χ4v) is 2.87. The zero-order valence-electron chi connectivity index (χ0n) is 15.3. The smallest absolute Gasteiger partial charge is 0.265 e. The molecule has 144 valence electrons. The first-order chi connectivity index (χ1) is 13.5. The van der Waals surface area contributed by atoms with Gasteiger partial charge in [0.05, 0.1) is 7.11 Å². The van der Waals surface area contributed by atoms with E-state index >= 15 is 0 Å². The number of carbonyl (C=O) groups is 2. The van der Waals surface area contributed by atoms with E-state index in [9.17, 15) is 9.59 Å². The Morgan fingerprint density at radius 2 is 1.82 bits per heavy atom. The number of anilines is 2. The lowest BCUT2D eigenvalue weighted by Crippen LogP contribution is -2.30. The van der Waals surface area contributed by atoms with Gasteiger partial charge in [-0.3, -0.25) is 14.9 Å². The molecule has 2 N–H and O–H groups in total. The van der Waals surface area contributed by atoms with E-state index < -0.39 is 6.10 Å². The molecule has 0 fully saturated rings. The molecule has 0 radical (unpaired) electrons. The first-order valence-corrected chi connectivity index (χ1v) is 9.35. The van der Waals surface area contributed by atoms with E-state index in [2.05, 4.69) is 15.6 Å². The summed E-state index contributed by atoms with van der Waals surface area (Å²) in [5, 5.41) is 7.75. The lowest BCUT2D eigenvalue weighted by Gasteiger charge is -2.15. The summed E-state index contributed by atoms with van der Waals surface area (Å²) in [6, 6.07) is 13.6. The largest absolute Gasteiger partial charge is 0.497 e. The van der Waals surface area contributed by atoms with Gasteiger partial charge in [0, 0.05) is 22.8 Å². The molecule has 3 aromatic rings. The number of rotatable bonds is 7. The second kappa shape index (κ2) is 9.01. The molecule has 0 saturated heterocycles. The molecule has 2 amide bonds. The molecule has 8 heteroatoms. The lowest BCUT2D eigenvalue weighted by molar-refractivity contribution is -0.122. The Morgan fingerprint density at radius 1 is 1.07 bits per heavy atom. The number of carbonyl (C=O) groups excluding carboxylic acids is 2. The van der Waals surface area contributed by atoms with Crippen LogP contribution in [0.5, 0.6) is 11.5 Å². The van der Waals surface area contributed by atoms with Crippen LogP contribution in [0.25, 0.3) is 0 Å². The molecule has 1 atom stereocenters. The minimum Gasteiger partial charge on any atom is -0.497 e. The third-order valence-corrected chi connectivity index (χ3v) is 4.48. The fourth-order valence-electron chi connectivity index (χ4n) is 2.35. The average Bonchev–Trinajstić information content (AvgIpc) is 3.21. The topological polar surface area (TPSA) is 89.5 Å². The van der Waals surface area contributed by atoms with E-state index in [1.165, 1.54) is 11.3 Å². The highest BCUT2D eigenvalue weighted by atomic mass is 32.1. The number of ether oxygens (including phenoxy) is 2. The van der Waals surface area contributed by atoms with Gasteiger partial charge in [0.15, 0.2) is 11.2 Å². The zero-order chi connectivity index (χ0) is 19.9. The number of thiazole rings is 1. The standard InChI is InChI=1S/C20H19N3O4S/c1-13(27-17-8-6-16(26-2)7-9-17)18(24)22-15-5-3-4-14(12-15)19(25)23-20-21-10-11-28-20/h3-13H,1-2H3,(H,22,24)(H,21,23,25). The summed E-state index contributed by atoms with van der Waals surface area (Å²) in [6.45, 7) is 1.65. The Bertz CT molecular complexity index is 942. The Hall–Kier alpha value is -3.39. The maximum absolute atomic E-state index is 12.4. The fraction of sp³-hybridized carbons (Fsp3) is 0.150. The van der Waals surface area contributed by atoms with Crippen molar-refractivity contribution in [1.82, 2.24) is 4.98 Å². The van der Waals surface area contributed by atoms with E-state index in [4.69, 9.17) is 9.47 Å². The number of nitrogens with zero attached hydrogens (tertiary/aromatic N) is 1. The maximum Gasteiger partial charge on any atom is 0.265 e. The normalized spacial score (nSPS) is 11.4. The second-order valence-corrected chi connectivity index (χ2v) is 6.69. The molecule has 0 saturated carbocycles. The van der Waals surface area contributed by atoms with Crippen molar-refractivity contribution in [3.63, 3.8) is 0 Å². The molecule has 28 heavy (non-hydrogen) atoms. The molecular weight excluding hydrogens is 378 g/mol. The highest BCUT2D eigenvalue weighted by molar-refractivity contribution is 7.13. The third kappa shape index (κ3) is 5.08. The van der Waals surface area contributed by atoms with E-state index in [-0.39, 0.29) is 11.8 Å². The van der Waals surface area contributed by atoms with Crippen LogP contribution in [0.15, 0.2) is 60.1 Å². The number of hydrogen-bond acceptors (Lipinski definition) is 6. The summed E-state index contributed by atoms with van der Waals surface area (Å²) in [6.07, 6.45) is 0.891. The monoisotopic (exact) mass is 397 g/mol. The van der Waals surface area contributed by atoms with Crippen molar-refractivity contribution >= 4 is 34.0 Å². The summed E-state index contributed by atoms with van der Waals surface area (Å²) in [5.41, 5.74) is 0.915. The quantitative estimate of drug-likeness (QED) is 0.633. The van der Waals surface area contributed by atoms with Gasteiger partial charge in [-0.05, 0) is 49.4 Å². The van der Waals surface area contributed by atoms with Crippen LogP contribution >= 0.6 is 11.3 Å². The molecule has 0 spiro atoms. The van der Waals surface area contributed by atoms with Crippen LogP contribution in [0.2, 0.25) is 0 Å². The summed E-state index contributed by atoms with van der Waals surface area (Å²) < 4.78 is 10.7. The molecule has 1 unspecified atom stereocenters. The first-order valence-electron chi connectivity index (χ1n) is 8.47. The van der Waals surface area contributed by atoms with Crippen molar-refractivity contribution in [2.45, 2.75) is 13.0 Å². The highest BCUT2D eigenvalue weighted by Gasteiger charge is 2.16. The van der Waals surface area contributed by atoms with Gasteiger partial charge in [0.1, 0.15) is 11.5 Å². The van der Waals surface area contributed by atoms with Crippen LogP contribution in [0, 0.1) is 0 Å². The molecular formula is C20H19N3O4S. The van der Waals surface area contributed by atoms with Crippen molar-refractivity contribution in [3.05, 3.63) is 65.7 Å². The van der Waals surface area contributed by atoms with E-state index in [0.29, 0.717) is 27.9 Å². The third-order valence-electron chi connectivity index (χ3n) is 3.79. The van der Waals surface area contributed by atoms with Crippen molar-refractivity contribution in [2.75, 3.05) is 17.7 Å². The number of methoxy groups -OCH3 is 1. The van der Waals surface area contributed by atoms with Crippen LogP contribution in [-0.2, 0) is 4.79 Å². The lowest BCUT2D eigenvalue weighted by atomic mass is 10.2. The summed E-state index contributed by atoms with van der Waals surface area (Å²) in [4.78, 5) is 28.7. The van der Waals surface area contributed by atoms with Gasteiger partial charge in [-0.1, -0.05) is 6.07 Å². The molecule has 2 aromatic carbocycles. The Kier molecular flexibility index (Phi) is 6.23. The maximum atomic E-state index is 12.4. The van der Waals surface area contributed by atoms with Crippen molar-refractivity contribution in [2.24, 2.45) is 0 Å². The summed E-state index contributed by atoms with van der Waals surface area (Å²) >= 11 is 1.33. The van der Waals surface area contributed by atoms with Gasteiger partial charge >= 0.3 is 0 Å². The van der Waals surface area contributed by atoms with Crippen LogP contribution < -0.4 is 20.1 Å². The number of aromatic nitrogens is 1. The van der Waals surface area contributed by atoms with Gasteiger partial charge in [-0.25, -0.2) is 4.98 Å². The average molecular weight is 397 g/mol. The van der Waals surface area contributed by atoms with Gasteiger partial charge < -0.3 is 14.8 Å². The predicted molar refractivity (Wildman–Crippen MR) is 108 cm³/mol. The second-order valence-electron chi connectivity index (χ2n) is 5.80. The van der Waals surface area contributed by atoms with Gasteiger partial charge in [-0.15, -0.1) is 11.3 Å². The van der Waals surface area contributed by atoms with Gasteiger partial charge in [-0.2, -0.15) is 0 Å². The summed E-state index contributed by atoms with van der Waals surface area (Å²) in [5.74, 6) is 0.638. The minimum atomic E-state index is -0.721. The van der Waals surface area contributed by atoms with Crippen molar-refractivity contribution in [3.8, 4) is 11.5 Å². The van der Waals surface area contributed by atoms with E-state index in [1.54, 1.807) is 74.1 Å². The number of nitrogens with one attached hydrogen (secondary N) is 2. The Labute approximate surface area is 166 Å². The van der Waals surface area contributed by atoms with Crippen LogP contribution in [0.4, 0.5) is 10.8 Å². The molecule has 0 aliphatic carbocycles. The molecule has 0 bridgehead atoms. The Balaban J connectivity index is 1.60. The van der Waals surface area contributed by atoms with E-state index in [1.807, 2.05) is 0 Å². The van der Waals surface area contributed by atoms with Crippen LogP contribution in [-0.4, -0.2) is 30.0 Å². The van der Waals surface area contributed by atoms with Gasteiger partial charge in [0.2, 0.25) is 0 Å². The minimum absolute atomic E-state index is 0.298. The Morgan fingerprint density at radius 3 is 2.50 bits per heavy atom. The number of benzene rings is 2. The molecule has 7 nitrogen and oxygen atoms in total. The van der Waals surface area contributed by atoms with Gasteiger partial charge in [0.25, 0.3) is 11.8 Å². The molecule has 0 aliphatic heterocycles. The zero-order valence-corrected chi connectivity index (χ0v) is 16.2. The van der Waals surface area contributed by atoms with E-state index in [0.717, 1.165) is 0 Å². The SMILES string of the molecule is COc1ccc(OC(C)C(=O)Nc2cccc(C(=O)Nc3nccs3)c2)cc1. The van der Waals surface area contributed by atoms with Crippen LogP contribution in [0.1, 0.15) is 17.3 Å². The number of hydrogen-bond donors (Lipinski definition) is 2. The first kappa shape index (κ1) is 19.4. The molecule has 0 aliphatic rings. The molecule has 3 rings (SSSR count). The van der Waals surface area contributed by atoms with Crippen LogP contribution in [0.3, 0.4) is 0 Å². The predicted octanol–water partition coefficient (Wildman–Crippen LogP) is 3.81.